The van der Waals surface area contributed by atoms with E-state index in [0.29, 0.717) is 0 Å². The molecule has 0 saturated carbocycles. The van der Waals surface area contributed by atoms with E-state index in [2.05, 4.69) is 26.8 Å². The number of nitro groups is 1. The molecule has 1 atom stereocenters. The summed E-state index contributed by atoms with van der Waals surface area (Å²) in [6.45, 7) is 6.58. The molecule has 4 heteroatoms. The van der Waals surface area contributed by atoms with Gasteiger partial charge in [-0.15, -0.1) is 0 Å². The van der Waals surface area contributed by atoms with Crippen LogP contribution in [-0.2, 0) is 4.79 Å². The van der Waals surface area contributed by atoms with Crippen LogP contribution in [0.4, 0.5) is 5.69 Å². The van der Waals surface area contributed by atoms with Gasteiger partial charge in [-0.2, -0.15) is 0 Å². The average molecular weight is 325 g/mol. The quantitative estimate of drug-likeness (QED) is 0.327. The second-order valence-electron chi connectivity index (χ2n) is 6.90. The molecule has 0 spiro atoms. The van der Waals surface area contributed by atoms with Crippen LogP contribution in [0, 0.1) is 21.4 Å². The Morgan fingerprint density at radius 2 is 1.92 bits per heavy atom. The molecule has 126 valence electrons. The SMILES string of the molecule is CC1=CCCC(C)(C)C1/C=C/C(=O)/C=C/c1ccc([N+](=O)[O-])cc1. The van der Waals surface area contributed by atoms with Gasteiger partial charge in [0, 0.05) is 18.1 Å². The number of hydrogen-bond donors (Lipinski definition) is 0. The molecule has 1 aromatic carbocycles. The smallest absolute Gasteiger partial charge is 0.269 e. The molecule has 2 rings (SSSR count). The Labute approximate surface area is 142 Å². The van der Waals surface area contributed by atoms with Crippen LogP contribution < -0.4 is 0 Å². The van der Waals surface area contributed by atoms with Crippen LogP contribution in [0.15, 0.2) is 54.1 Å². The molecule has 0 heterocycles. The van der Waals surface area contributed by atoms with Crippen LogP contribution in [0.1, 0.15) is 39.2 Å². The highest BCUT2D eigenvalue weighted by molar-refractivity contribution is 6.02. The van der Waals surface area contributed by atoms with Crippen LogP contribution in [0.25, 0.3) is 6.08 Å². The second kappa shape index (κ2) is 7.39. The summed E-state index contributed by atoms with van der Waals surface area (Å²) in [7, 11) is 0. The lowest BCUT2D eigenvalue weighted by Crippen LogP contribution is -2.26. The maximum Gasteiger partial charge on any atom is 0.269 e. The molecule has 0 aromatic heterocycles. The maximum atomic E-state index is 12.1. The lowest BCUT2D eigenvalue weighted by Gasteiger charge is -2.36. The summed E-state index contributed by atoms with van der Waals surface area (Å²) in [5, 5.41) is 10.6. The number of rotatable bonds is 5. The Bertz CT molecular complexity index is 709. The van der Waals surface area contributed by atoms with E-state index in [1.165, 1.54) is 23.8 Å². The molecule has 0 saturated heterocycles. The number of ketones is 1. The lowest BCUT2D eigenvalue weighted by molar-refractivity contribution is -0.384. The van der Waals surface area contributed by atoms with Crippen molar-refractivity contribution in [3.63, 3.8) is 0 Å². The van der Waals surface area contributed by atoms with Crippen molar-refractivity contribution < 1.29 is 9.72 Å². The van der Waals surface area contributed by atoms with Gasteiger partial charge in [-0.3, -0.25) is 14.9 Å². The van der Waals surface area contributed by atoms with Crippen molar-refractivity contribution in [2.24, 2.45) is 11.3 Å². The third-order valence-electron chi connectivity index (χ3n) is 4.58. The molecule has 0 aliphatic heterocycles. The lowest BCUT2D eigenvalue weighted by atomic mass is 9.68. The first kappa shape index (κ1) is 17.9. The van der Waals surface area contributed by atoms with E-state index in [9.17, 15) is 14.9 Å². The minimum atomic E-state index is -0.441. The molecule has 0 fully saturated rings. The van der Waals surface area contributed by atoms with Gasteiger partial charge in [0.15, 0.2) is 5.78 Å². The standard InChI is InChI=1S/C20H23NO3/c1-15-5-4-14-20(2,3)19(15)13-12-18(22)11-8-16-6-9-17(10-7-16)21(23)24/h5-13,19H,4,14H2,1-3H3/b11-8+,13-12+. The molecule has 24 heavy (non-hydrogen) atoms. The van der Waals surface area contributed by atoms with Crippen LogP contribution >= 0.6 is 0 Å². The molecule has 1 unspecified atom stereocenters. The fraction of sp³-hybridized carbons (Fsp3) is 0.350. The van der Waals surface area contributed by atoms with Gasteiger partial charge in [-0.1, -0.05) is 37.6 Å². The average Bonchev–Trinajstić information content (AvgIpc) is 2.52. The number of nitrogens with zero attached hydrogens (tertiary/aromatic N) is 1. The minimum absolute atomic E-state index is 0.0418. The molecular weight excluding hydrogens is 302 g/mol. The summed E-state index contributed by atoms with van der Waals surface area (Å²) in [4.78, 5) is 22.2. The number of carbonyl (C=O) groups is 1. The van der Waals surface area contributed by atoms with Crippen molar-refractivity contribution in [1.29, 1.82) is 0 Å². The number of nitro benzene ring substituents is 1. The van der Waals surface area contributed by atoms with E-state index >= 15 is 0 Å². The Balaban J connectivity index is 2.03. The van der Waals surface area contributed by atoms with E-state index in [1.54, 1.807) is 24.3 Å². The predicted molar refractivity (Wildman–Crippen MR) is 96.5 cm³/mol. The number of allylic oxidation sites excluding steroid dienone is 5. The first-order chi connectivity index (χ1) is 11.3. The van der Waals surface area contributed by atoms with Crippen molar-refractivity contribution >= 4 is 17.5 Å². The van der Waals surface area contributed by atoms with Crippen LogP contribution in [-0.4, -0.2) is 10.7 Å². The normalized spacial score (nSPS) is 20.3. The molecule has 0 amide bonds. The van der Waals surface area contributed by atoms with Gasteiger partial charge in [0.2, 0.25) is 0 Å². The zero-order chi connectivity index (χ0) is 17.7. The highest BCUT2D eigenvalue weighted by Crippen LogP contribution is 2.41. The molecule has 0 N–H and O–H groups in total. The van der Waals surface area contributed by atoms with Crippen molar-refractivity contribution in [3.05, 3.63) is 69.8 Å². The van der Waals surface area contributed by atoms with Crippen molar-refractivity contribution in [1.82, 2.24) is 0 Å². The number of benzene rings is 1. The van der Waals surface area contributed by atoms with E-state index in [0.717, 1.165) is 18.4 Å². The molecular formula is C20H23NO3. The largest absolute Gasteiger partial charge is 0.290 e. The van der Waals surface area contributed by atoms with Gasteiger partial charge in [-0.05, 0) is 55.0 Å². The van der Waals surface area contributed by atoms with Gasteiger partial charge in [0.1, 0.15) is 0 Å². The number of non-ortho nitro benzene ring substituents is 1. The Kier molecular flexibility index (Phi) is 5.50. The minimum Gasteiger partial charge on any atom is -0.290 e. The highest BCUT2D eigenvalue weighted by atomic mass is 16.6. The second-order valence-corrected chi connectivity index (χ2v) is 6.90. The molecule has 4 nitrogen and oxygen atoms in total. The maximum absolute atomic E-state index is 12.1. The predicted octanol–water partition coefficient (Wildman–Crippen LogP) is 5.12. The molecule has 0 bridgehead atoms. The third-order valence-corrected chi connectivity index (χ3v) is 4.58. The summed E-state index contributed by atoms with van der Waals surface area (Å²) in [6.07, 6.45) is 11.2. The van der Waals surface area contributed by atoms with Crippen molar-refractivity contribution in [3.8, 4) is 0 Å². The van der Waals surface area contributed by atoms with Gasteiger partial charge >= 0.3 is 0 Å². The zero-order valence-corrected chi connectivity index (χ0v) is 14.4. The van der Waals surface area contributed by atoms with Crippen molar-refractivity contribution in [2.45, 2.75) is 33.6 Å². The first-order valence-electron chi connectivity index (χ1n) is 8.11. The van der Waals surface area contributed by atoms with E-state index in [-0.39, 0.29) is 22.8 Å². The zero-order valence-electron chi connectivity index (χ0n) is 14.4. The number of hydrogen-bond acceptors (Lipinski definition) is 3. The van der Waals surface area contributed by atoms with E-state index in [4.69, 9.17) is 0 Å². The fourth-order valence-electron chi connectivity index (χ4n) is 3.12. The van der Waals surface area contributed by atoms with Crippen molar-refractivity contribution in [2.75, 3.05) is 0 Å². The highest BCUT2D eigenvalue weighted by Gasteiger charge is 2.30. The van der Waals surface area contributed by atoms with Crippen LogP contribution in [0.2, 0.25) is 0 Å². The van der Waals surface area contributed by atoms with E-state index < -0.39 is 4.92 Å². The summed E-state index contributed by atoms with van der Waals surface area (Å²) in [5.41, 5.74) is 2.28. The van der Waals surface area contributed by atoms with Crippen LogP contribution in [0.5, 0.6) is 0 Å². The Morgan fingerprint density at radius 1 is 1.25 bits per heavy atom. The van der Waals surface area contributed by atoms with E-state index in [1.807, 2.05) is 6.08 Å². The van der Waals surface area contributed by atoms with Gasteiger partial charge in [-0.25, -0.2) is 0 Å². The summed E-state index contributed by atoms with van der Waals surface area (Å²) in [6, 6.07) is 6.11. The summed E-state index contributed by atoms with van der Waals surface area (Å²) < 4.78 is 0. The Hall–Kier alpha value is -2.49. The monoisotopic (exact) mass is 325 g/mol. The topological polar surface area (TPSA) is 60.2 Å². The van der Waals surface area contributed by atoms with Gasteiger partial charge in [0.05, 0.1) is 4.92 Å². The first-order valence-corrected chi connectivity index (χ1v) is 8.11. The number of carbonyl (C=O) groups excluding carboxylic acids is 1. The molecule has 1 aromatic rings. The molecule has 1 aliphatic rings. The van der Waals surface area contributed by atoms with Crippen LogP contribution in [0.3, 0.4) is 0 Å². The third kappa shape index (κ3) is 4.51. The molecule has 0 radical (unpaired) electrons. The molecule has 1 aliphatic carbocycles. The summed E-state index contributed by atoms with van der Waals surface area (Å²) >= 11 is 0. The van der Waals surface area contributed by atoms with Gasteiger partial charge < -0.3 is 0 Å². The van der Waals surface area contributed by atoms with Gasteiger partial charge in [0.25, 0.3) is 5.69 Å². The fourth-order valence-corrected chi connectivity index (χ4v) is 3.12. The summed E-state index contributed by atoms with van der Waals surface area (Å²) in [5.74, 6) is 0.200. The Morgan fingerprint density at radius 3 is 2.50 bits per heavy atom.